The number of benzene rings is 1. The van der Waals surface area contributed by atoms with E-state index in [0.29, 0.717) is 6.04 Å². The minimum absolute atomic E-state index is 0.321. The van der Waals surface area contributed by atoms with E-state index >= 15 is 0 Å². The SMILES string of the molecule is CN1CCN(c2ncncc2Br)C(c2ccccc2)C1. The van der Waals surface area contributed by atoms with Crippen molar-refractivity contribution in [3.63, 3.8) is 0 Å². The second-order valence-corrected chi connectivity index (χ2v) is 5.93. The Morgan fingerprint density at radius 1 is 1.20 bits per heavy atom. The van der Waals surface area contributed by atoms with Crippen molar-refractivity contribution in [1.82, 2.24) is 14.9 Å². The van der Waals surface area contributed by atoms with Gasteiger partial charge in [0.2, 0.25) is 0 Å². The molecule has 2 aromatic rings. The van der Waals surface area contributed by atoms with Gasteiger partial charge in [-0.25, -0.2) is 9.97 Å². The van der Waals surface area contributed by atoms with Gasteiger partial charge in [0, 0.05) is 25.8 Å². The van der Waals surface area contributed by atoms with Crippen LogP contribution in [0, 0.1) is 0 Å². The van der Waals surface area contributed by atoms with Gasteiger partial charge in [-0.15, -0.1) is 0 Å². The second kappa shape index (κ2) is 5.89. The lowest BCUT2D eigenvalue weighted by molar-refractivity contribution is 0.268. The Morgan fingerprint density at radius 3 is 2.75 bits per heavy atom. The molecule has 0 aliphatic carbocycles. The Hall–Kier alpha value is -1.46. The van der Waals surface area contributed by atoms with Crippen LogP contribution in [0.2, 0.25) is 0 Å². The van der Waals surface area contributed by atoms with Gasteiger partial charge in [-0.05, 0) is 28.5 Å². The summed E-state index contributed by atoms with van der Waals surface area (Å²) in [6, 6.07) is 10.9. The first kappa shape index (κ1) is 13.5. The van der Waals surface area contributed by atoms with Crippen molar-refractivity contribution in [2.75, 3.05) is 31.6 Å². The van der Waals surface area contributed by atoms with Crippen molar-refractivity contribution >= 4 is 21.7 Å². The van der Waals surface area contributed by atoms with Gasteiger partial charge in [0.25, 0.3) is 0 Å². The summed E-state index contributed by atoms with van der Waals surface area (Å²) in [6.45, 7) is 3.01. The smallest absolute Gasteiger partial charge is 0.146 e. The Balaban J connectivity index is 1.97. The number of aromatic nitrogens is 2. The molecule has 0 spiro atoms. The van der Waals surface area contributed by atoms with E-state index in [4.69, 9.17) is 0 Å². The fourth-order valence-corrected chi connectivity index (χ4v) is 3.10. The lowest BCUT2D eigenvalue weighted by atomic mass is 10.0. The number of hydrogen-bond acceptors (Lipinski definition) is 4. The lowest BCUT2D eigenvalue weighted by Gasteiger charge is -2.41. The summed E-state index contributed by atoms with van der Waals surface area (Å²) in [4.78, 5) is 13.2. The van der Waals surface area contributed by atoms with E-state index in [0.717, 1.165) is 29.9 Å². The number of rotatable bonds is 2. The van der Waals surface area contributed by atoms with Crippen LogP contribution in [-0.2, 0) is 0 Å². The summed E-state index contributed by atoms with van der Waals surface area (Å²) in [7, 11) is 2.17. The molecule has 20 heavy (non-hydrogen) atoms. The van der Waals surface area contributed by atoms with E-state index in [1.807, 2.05) is 6.20 Å². The number of likely N-dealkylation sites (N-methyl/N-ethyl adjacent to an activating group) is 1. The van der Waals surface area contributed by atoms with Crippen molar-refractivity contribution < 1.29 is 0 Å². The highest BCUT2D eigenvalue weighted by molar-refractivity contribution is 9.10. The highest BCUT2D eigenvalue weighted by Crippen LogP contribution is 2.32. The third-order valence-corrected chi connectivity index (χ3v) is 4.25. The molecular weight excluding hydrogens is 316 g/mol. The minimum atomic E-state index is 0.321. The predicted molar refractivity (Wildman–Crippen MR) is 83.8 cm³/mol. The van der Waals surface area contributed by atoms with Crippen LogP contribution in [-0.4, -0.2) is 41.5 Å². The van der Waals surface area contributed by atoms with Crippen molar-refractivity contribution in [2.45, 2.75) is 6.04 Å². The molecule has 0 saturated carbocycles. The van der Waals surface area contributed by atoms with Crippen LogP contribution >= 0.6 is 15.9 Å². The van der Waals surface area contributed by atoms with Gasteiger partial charge in [0.05, 0.1) is 10.5 Å². The molecule has 0 N–H and O–H groups in total. The minimum Gasteiger partial charge on any atom is -0.346 e. The standard InChI is InChI=1S/C15H17BrN4/c1-19-7-8-20(15-13(16)9-17-11-18-15)14(10-19)12-5-3-2-4-6-12/h2-6,9,11,14H,7-8,10H2,1H3. The number of nitrogens with zero attached hydrogens (tertiary/aromatic N) is 4. The predicted octanol–water partition coefficient (Wildman–Crippen LogP) is 2.73. The van der Waals surface area contributed by atoms with Gasteiger partial charge in [-0.1, -0.05) is 30.3 Å². The number of halogens is 1. The topological polar surface area (TPSA) is 32.3 Å². The van der Waals surface area contributed by atoms with Crippen LogP contribution < -0.4 is 4.90 Å². The average Bonchev–Trinajstić information content (AvgIpc) is 2.49. The molecule has 2 heterocycles. The molecule has 4 nitrogen and oxygen atoms in total. The molecule has 1 fully saturated rings. The summed E-state index contributed by atoms with van der Waals surface area (Å²) >= 11 is 3.57. The van der Waals surface area contributed by atoms with Gasteiger partial charge in [0.15, 0.2) is 0 Å². The first-order valence-corrected chi connectivity index (χ1v) is 7.50. The van der Waals surface area contributed by atoms with Gasteiger partial charge in [-0.2, -0.15) is 0 Å². The average molecular weight is 333 g/mol. The van der Waals surface area contributed by atoms with Crippen LogP contribution in [0.5, 0.6) is 0 Å². The molecule has 104 valence electrons. The normalized spacial score (nSPS) is 20.1. The maximum absolute atomic E-state index is 4.45. The summed E-state index contributed by atoms with van der Waals surface area (Å²) in [5.74, 6) is 0.974. The largest absolute Gasteiger partial charge is 0.346 e. The first-order valence-electron chi connectivity index (χ1n) is 6.71. The zero-order valence-electron chi connectivity index (χ0n) is 11.4. The van der Waals surface area contributed by atoms with Gasteiger partial charge >= 0.3 is 0 Å². The molecule has 1 aromatic heterocycles. The number of anilines is 1. The maximum atomic E-state index is 4.45. The zero-order chi connectivity index (χ0) is 13.9. The summed E-state index contributed by atoms with van der Waals surface area (Å²) in [5.41, 5.74) is 1.32. The fourth-order valence-electron chi connectivity index (χ4n) is 2.65. The van der Waals surface area contributed by atoms with Crippen LogP contribution in [0.15, 0.2) is 47.3 Å². The summed E-state index contributed by atoms with van der Waals surface area (Å²) in [6.07, 6.45) is 3.42. The van der Waals surface area contributed by atoms with Crippen LogP contribution in [0.4, 0.5) is 5.82 Å². The van der Waals surface area contributed by atoms with Crippen LogP contribution in [0.3, 0.4) is 0 Å². The van der Waals surface area contributed by atoms with E-state index in [1.165, 1.54) is 5.56 Å². The van der Waals surface area contributed by atoms with Crippen molar-refractivity contribution in [3.8, 4) is 0 Å². The van der Waals surface area contributed by atoms with Crippen molar-refractivity contribution in [1.29, 1.82) is 0 Å². The quantitative estimate of drug-likeness (QED) is 0.846. The Labute approximate surface area is 127 Å². The van der Waals surface area contributed by atoms with Crippen molar-refractivity contribution in [2.24, 2.45) is 0 Å². The Morgan fingerprint density at radius 2 is 2.00 bits per heavy atom. The van der Waals surface area contributed by atoms with Gasteiger partial charge < -0.3 is 9.80 Å². The molecular formula is C15H17BrN4. The molecule has 0 radical (unpaired) electrons. The van der Waals surface area contributed by atoms with E-state index < -0.39 is 0 Å². The molecule has 1 saturated heterocycles. The number of piperazine rings is 1. The maximum Gasteiger partial charge on any atom is 0.146 e. The van der Waals surface area contributed by atoms with E-state index in [9.17, 15) is 0 Å². The molecule has 1 aliphatic heterocycles. The number of hydrogen-bond donors (Lipinski definition) is 0. The van der Waals surface area contributed by atoms with Crippen LogP contribution in [0.25, 0.3) is 0 Å². The van der Waals surface area contributed by atoms with Crippen LogP contribution in [0.1, 0.15) is 11.6 Å². The summed E-state index contributed by atoms with van der Waals surface area (Å²) in [5, 5.41) is 0. The van der Waals surface area contributed by atoms with Gasteiger partial charge in [-0.3, -0.25) is 0 Å². The molecule has 0 bridgehead atoms. The molecule has 1 atom stereocenters. The first-order chi connectivity index (χ1) is 9.75. The van der Waals surface area contributed by atoms with E-state index in [2.05, 4.69) is 73.1 Å². The van der Waals surface area contributed by atoms with Crippen molar-refractivity contribution in [3.05, 3.63) is 52.9 Å². The second-order valence-electron chi connectivity index (χ2n) is 5.08. The monoisotopic (exact) mass is 332 g/mol. The Kier molecular flexibility index (Phi) is 3.98. The molecule has 3 rings (SSSR count). The molecule has 1 unspecified atom stereocenters. The molecule has 0 amide bonds. The molecule has 1 aromatic carbocycles. The highest BCUT2D eigenvalue weighted by atomic mass is 79.9. The fraction of sp³-hybridized carbons (Fsp3) is 0.333. The third kappa shape index (κ3) is 2.69. The zero-order valence-corrected chi connectivity index (χ0v) is 13.0. The summed E-state index contributed by atoms with van der Waals surface area (Å²) < 4.78 is 0.950. The van der Waals surface area contributed by atoms with E-state index in [1.54, 1.807) is 6.33 Å². The van der Waals surface area contributed by atoms with Gasteiger partial charge in [0.1, 0.15) is 12.1 Å². The third-order valence-electron chi connectivity index (χ3n) is 3.69. The Bertz CT molecular complexity index is 575. The highest BCUT2D eigenvalue weighted by Gasteiger charge is 2.28. The molecule has 5 heteroatoms. The van der Waals surface area contributed by atoms with E-state index in [-0.39, 0.29) is 0 Å². The lowest BCUT2D eigenvalue weighted by Crippen LogP contribution is -2.47. The molecule has 1 aliphatic rings.